The molecule has 0 aromatic carbocycles. The van der Waals surface area contributed by atoms with Crippen molar-refractivity contribution in [2.75, 3.05) is 31.3 Å². The Bertz CT molecular complexity index is 339. The molecular formula is C10H19N3O2S. The average Bonchev–Trinajstić information content (AvgIpc) is 2.56. The molecule has 1 aromatic rings. The van der Waals surface area contributed by atoms with E-state index in [9.17, 15) is 0 Å². The molecule has 1 rings (SSSR count). The van der Waals surface area contributed by atoms with E-state index in [0.717, 1.165) is 5.00 Å². The maximum Gasteiger partial charge on any atom is 0.197 e. The highest BCUT2D eigenvalue weighted by Gasteiger charge is 2.19. The number of hydrogen-bond donors (Lipinski definition) is 2. The molecule has 1 heterocycles. The van der Waals surface area contributed by atoms with Crippen molar-refractivity contribution in [3.8, 4) is 5.75 Å². The van der Waals surface area contributed by atoms with Crippen LogP contribution in [-0.4, -0.2) is 30.2 Å². The van der Waals surface area contributed by atoms with E-state index in [2.05, 4.69) is 9.69 Å². The molecule has 6 heteroatoms. The molecule has 3 N–H and O–H groups in total. The molecule has 0 bridgehead atoms. The van der Waals surface area contributed by atoms with Crippen LogP contribution in [0, 0.1) is 0 Å². The van der Waals surface area contributed by atoms with Crippen LogP contribution in [0.25, 0.3) is 0 Å². The molecule has 16 heavy (non-hydrogen) atoms. The molecule has 0 aliphatic carbocycles. The summed E-state index contributed by atoms with van der Waals surface area (Å²) in [7, 11) is 1.58. The highest BCUT2D eigenvalue weighted by molar-refractivity contribution is 7.11. The lowest BCUT2D eigenvalue weighted by Gasteiger charge is -2.25. The summed E-state index contributed by atoms with van der Waals surface area (Å²) in [5.74, 6) is 1.03. The van der Waals surface area contributed by atoms with Crippen LogP contribution in [0.15, 0.2) is 0 Å². The standard InChI is InChI=1S/C10H19N3O2S/c1-5-15-10(2,3)6-12-9-7(14-4)8(11)13-16-9/h12H,5-6H2,1-4H3,(H2,11,13). The molecular weight excluding hydrogens is 226 g/mol. The first-order valence-corrected chi connectivity index (χ1v) is 5.94. The minimum Gasteiger partial charge on any atom is -0.490 e. The molecule has 0 atom stereocenters. The molecule has 1 aromatic heterocycles. The number of nitrogens with one attached hydrogen (secondary N) is 1. The summed E-state index contributed by atoms with van der Waals surface area (Å²) in [5.41, 5.74) is 5.43. The second kappa shape index (κ2) is 5.36. The first kappa shape index (κ1) is 13.1. The lowest BCUT2D eigenvalue weighted by molar-refractivity contribution is 0.000727. The summed E-state index contributed by atoms with van der Waals surface area (Å²) in [6.07, 6.45) is 0. The number of methoxy groups -OCH3 is 1. The lowest BCUT2D eigenvalue weighted by Crippen LogP contribution is -2.33. The van der Waals surface area contributed by atoms with Gasteiger partial charge in [-0.05, 0) is 32.3 Å². The molecule has 0 spiro atoms. The van der Waals surface area contributed by atoms with Crippen LogP contribution in [0.1, 0.15) is 20.8 Å². The molecule has 0 saturated heterocycles. The average molecular weight is 245 g/mol. The van der Waals surface area contributed by atoms with Crippen LogP contribution in [0.4, 0.5) is 10.8 Å². The quantitative estimate of drug-likeness (QED) is 0.801. The summed E-state index contributed by atoms with van der Waals surface area (Å²) in [6.45, 7) is 7.41. The molecule has 0 aliphatic heterocycles. The van der Waals surface area contributed by atoms with Crippen LogP contribution in [-0.2, 0) is 4.74 Å². The maximum atomic E-state index is 5.65. The fourth-order valence-electron chi connectivity index (χ4n) is 1.34. The van der Waals surface area contributed by atoms with Crippen molar-refractivity contribution < 1.29 is 9.47 Å². The smallest absolute Gasteiger partial charge is 0.197 e. The molecule has 5 nitrogen and oxygen atoms in total. The fraction of sp³-hybridized carbons (Fsp3) is 0.700. The van der Waals surface area contributed by atoms with Gasteiger partial charge in [0.15, 0.2) is 16.6 Å². The fourth-order valence-corrected chi connectivity index (χ4v) is 2.02. The predicted molar refractivity (Wildman–Crippen MR) is 67.3 cm³/mol. The van der Waals surface area contributed by atoms with Gasteiger partial charge in [-0.1, -0.05) is 0 Å². The SMILES string of the molecule is CCOC(C)(C)CNc1snc(N)c1OC. The molecule has 0 fully saturated rings. The van der Waals surface area contributed by atoms with Crippen molar-refractivity contribution in [1.82, 2.24) is 4.37 Å². The van der Waals surface area contributed by atoms with Gasteiger partial charge in [0.05, 0.1) is 12.7 Å². The van der Waals surface area contributed by atoms with Crippen LogP contribution < -0.4 is 15.8 Å². The number of nitrogens with two attached hydrogens (primary N) is 1. The van der Waals surface area contributed by atoms with Gasteiger partial charge in [0.1, 0.15) is 0 Å². The van der Waals surface area contributed by atoms with Gasteiger partial charge in [0, 0.05) is 13.2 Å². The summed E-state index contributed by atoms with van der Waals surface area (Å²) in [4.78, 5) is 0. The Morgan fingerprint density at radius 1 is 1.50 bits per heavy atom. The monoisotopic (exact) mass is 245 g/mol. The predicted octanol–water partition coefficient (Wildman–Crippen LogP) is 1.96. The van der Waals surface area contributed by atoms with Crippen molar-refractivity contribution in [1.29, 1.82) is 0 Å². The van der Waals surface area contributed by atoms with E-state index < -0.39 is 0 Å². The summed E-state index contributed by atoms with van der Waals surface area (Å²) in [6, 6.07) is 0. The third kappa shape index (κ3) is 3.24. The Kier molecular flexibility index (Phi) is 4.37. The van der Waals surface area contributed by atoms with E-state index in [1.165, 1.54) is 11.5 Å². The van der Waals surface area contributed by atoms with Gasteiger partial charge in [-0.15, -0.1) is 0 Å². The highest BCUT2D eigenvalue weighted by atomic mass is 32.1. The largest absolute Gasteiger partial charge is 0.490 e. The Balaban J connectivity index is 2.60. The minimum atomic E-state index is -0.224. The third-order valence-electron chi connectivity index (χ3n) is 2.09. The van der Waals surface area contributed by atoms with Crippen molar-refractivity contribution in [3.05, 3.63) is 0 Å². The van der Waals surface area contributed by atoms with Gasteiger partial charge in [-0.25, -0.2) is 0 Å². The Hall–Kier alpha value is -1.01. The van der Waals surface area contributed by atoms with Crippen LogP contribution in [0.5, 0.6) is 5.75 Å². The maximum absolute atomic E-state index is 5.65. The zero-order valence-electron chi connectivity index (χ0n) is 10.2. The van der Waals surface area contributed by atoms with Gasteiger partial charge in [0.25, 0.3) is 0 Å². The van der Waals surface area contributed by atoms with Crippen molar-refractivity contribution >= 4 is 22.4 Å². The van der Waals surface area contributed by atoms with E-state index in [1.807, 2.05) is 20.8 Å². The first-order chi connectivity index (χ1) is 7.50. The van der Waals surface area contributed by atoms with Crippen LogP contribution in [0.2, 0.25) is 0 Å². The van der Waals surface area contributed by atoms with Crippen molar-refractivity contribution in [2.45, 2.75) is 26.4 Å². The number of anilines is 2. The zero-order chi connectivity index (χ0) is 12.2. The number of ether oxygens (including phenoxy) is 2. The van der Waals surface area contributed by atoms with E-state index in [0.29, 0.717) is 24.7 Å². The molecule has 0 saturated carbocycles. The second-order valence-corrected chi connectivity index (χ2v) is 4.75. The van der Waals surface area contributed by atoms with Gasteiger partial charge < -0.3 is 20.5 Å². The number of hydrogen-bond acceptors (Lipinski definition) is 6. The summed E-state index contributed by atoms with van der Waals surface area (Å²) >= 11 is 1.29. The molecule has 0 amide bonds. The van der Waals surface area contributed by atoms with E-state index >= 15 is 0 Å². The van der Waals surface area contributed by atoms with Gasteiger partial charge in [-0.2, -0.15) is 4.37 Å². The minimum absolute atomic E-state index is 0.224. The molecule has 0 radical (unpaired) electrons. The topological polar surface area (TPSA) is 69.4 Å². The first-order valence-electron chi connectivity index (χ1n) is 5.17. The van der Waals surface area contributed by atoms with E-state index in [-0.39, 0.29) is 5.60 Å². The molecule has 0 unspecified atom stereocenters. The van der Waals surface area contributed by atoms with Crippen molar-refractivity contribution in [2.24, 2.45) is 0 Å². The van der Waals surface area contributed by atoms with Gasteiger partial charge in [0.2, 0.25) is 0 Å². The normalized spacial score (nSPS) is 11.5. The highest BCUT2D eigenvalue weighted by Crippen LogP contribution is 2.34. The lowest BCUT2D eigenvalue weighted by atomic mass is 10.1. The van der Waals surface area contributed by atoms with Crippen LogP contribution in [0.3, 0.4) is 0 Å². The summed E-state index contributed by atoms with van der Waals surface area (Å²) < 4.78 is 14.8. The number of nitrogen functional groups attached to an aromatic ring is 1. The Morgan fingerprint density at radius 3 is 2.75 bits per heavy atom. The second-order valence-electron chi connectivity index (χ2n) is 3.98. The van der Waals surface area contributed by atoms with Gasteiger partial charge in [-0.3, -0.25) is 0 Å². The van der Waals surface area contributed by atoms with E-state index in [4.69, 9.17) is 15.2 Å². The Morgan fingerprint density at radius 2 is 2.19 bits per heavy atom. The number of aromatic nitrogens is 1. The zero-order valence-corrected chi connectivity index (χ0v) is 11.0. The van der Waals surface area contributed by atoms with E-state index in [1.54, 1.807) is 7.11 Å². The number of nitrogens with zero attached hydrogens (tertiary/aromatic N) is 1. The third-order valence-corrected chi connectivity index (χ3v) is 2.89. The number of rotatable bonds is 6. The molecule has 92 valence electrons. The van der Waals surface area contributed by atoms with Crippen molar-refractivity contribution in [3.63, 3.8) is 0 Å². The molecule has 0 aliphatic rings. The van der Waals surface area contributed by atoms with Gasteiger partial charge >= 0.3 is 0 Å². The van der Waals surface area contributed by atoms with Crippen LogP contribution >= 0.6 is 11.5 Å². The summed E-state index contributed by atoms with van der Waals surface area (Å²) in [5, 5.41) is 4.08. The Labute approximate surface area is 100 Å².